The first-order valence-corrected chi connectivity index (χ1v) is 8.16. The number of aromatic carboxylic acids is 1. The molecule has 3 rings (SSSR count). The monoisotopic (exact) mass is 348 g/mol. The van der Waals surface area contributed by atoms with Crippen molar-refractivity contribution in [1.29, 1.82) is 0 Å². The second-order valence-electron chi connectivity index (χ2n) is 6.20. The lowest BCUT2D eigenvalue weighted by atomic mass is 10.0. The summed E-state index contributed by atoms with van der Waals surface area (Å²) < 4.78 is 0. The summed E-state index contributed by atoms with van der Waals surface area (Å²) in [6.45, 7) is 4.02. The SMILES string of the molecule is Cc1ccc(N(N)c2cccc(-c3cccc(C(=O)O)c3)c2O)cc1C. The van der Waals surface area contributed by atoms with E-state index >= 15 is 0 Å². The Morgan fingerprint density at radius 1 is 0.962 bits per heavy atom. The molecule has 5 nitrogen and oxygen atoms in total. The number of anilines is 2. The van der Waals surface area contributed by atoms with Gasteiger partial charge in [0.15, 0.2) is 0 Å². The molecule has 0 saturated heterocycles. The van der Waals surface area contributed by atoms with Crippen LogP contribution in [0.1, 0.15) is 21.5 Å². The molecule has 0 fully saturated rings. The van der Waals surface area contributed by atoms with Gasteiger partial charge in [-0.3, -0.25) is 5.01 Å². The van der Waals surface area contributed by atoms with E-state index in [0.717, 1.165) is 16.8 Å². The molecular formula is C21H20N2O3. The van der Waals surface area contributed by atoms with Gasteiger partial charge in [0.05, 0.1) is 16.9 Å². The van der Waals surface area contributed by atoms with Gasteiger partial charge in [0, 0.05) is 5.56 Å². The van der Waals surface area contributed by atoms with E-state index in [-0.39, 0.29) is 11.3 Å². The molecule has 4 N–H and O–H groups in total. The van der Waals surface area contributed by atoms with E-state index in [0.29, 0.717) is 16.8 Å². The zero-order chi connectivity index (χ0) is 18.8. The van der Waals surface area contributed by atoms with Crippen molar-refractivity contribution in [3.05, 3.63) is 77.4 Å². The predicted molar refractivity (Wildman–Crippen MR) is 103 cm³/mol. The van der Waals surface area contributed by atoms with Crippen LogP contribution in [0.25, 0.3) is 11.1 Å². The first kappa shape index (κ1) is 17.5. The first-order valence-electron chi connectivity index (χ1n) is 8.16. The first-order chi connectivity index (χ1) is 12.4. The van der Waals surface area contributed by atoms with Crippen LogP contribution in [0, 0.1) is 13.8 Å². The van der Waals surface area contributed by atoms with Crippen molar-refractivity contribution >= 4 is 17.3 Å². The summed E-state index contributed by atoms with van der Waals surface area (Å²) in [5, 5.41) is 21.4. The van der Waals surface area contributed by atoms with Crippen molar-refractivity contribution in [3.8, 4) is 16.9 Å². The van der Waals surface area contributed by atoms with E-state index in [9.17, 15) is 15.0 Å². The Bertz CT molecular complexity index is 983. The summed E-state index contributed by atoms with van der Waals surface area (Å²) in [6.07, 6.45) is 0. The molecule has 0 atom stereocenters. The summed E-state index contributed by atoms with van der Waals surface area (Å²) in [7, 11) is 0. The summed E-state index contributed by atoms with van der Waals surface area (Å²) in [5.41, 5.74) is 4.73. The van der Waals surface area contributed by atoms with Crippen LogP contribution < -0.4 is 10.9 Å². The molecule has 0 unspecified atom stereocenters. The van der Waals surface area contributed by atoms with Crippen LogP contribution in [0.2, 0.25) is 0 Å². The average molecular weight is 348 g/mol. The van der Waals surface area contributed by atoms with Crippen LogP contribution in [0.4, 0.5) is 11.4 Å². The van der Waals surface area contributed by atoms with Crippen molar-refractivity contribution in [2.45, 2.75) is 13.8 Å². The number of phenols is 1. The van der Waals surface area contributed by atoms with E-state index < -0.39 is 5.97 Å². The van der Waals surface area contributed by atoms with Crippen LogP contribution >= 0.6 is 0 Å². The molecule has 0 amide bonds. The highest BCUT2D eigenvalue weighted by atomic mass is 16.4. The summed E-state index contributed by atoms with van der Waals surface area (Å²) in [6, 6.07) is 17.5. The smallest absolute Gasteiger partial charge is 0.335 e. The van der Waals surface area contributed by atoms with Gasteiger partial charge in [-0.2, -0.15) is 0 Å². The largest absolute Gasteiger partial charge is 0.505 e. The molecular weight excluding hydrogens is 328 g/mol. The number of benzene rings is 3. The topological polar surface area (TPSA) is 86.8 Å². The van der Waals surface area contributed by atoms with Crippen LogP contribution in [0.3, 0.4) is 0 Å². The third-order valence-corrected chi connectivity index (χ3v) is 4.46. The maximum atomic E-state index is 11.2. The van der Waals surface area contributed by atoms with E-state index in [1.54, 1.807) is 30.3 Å². The maximum absolute atomic E-state index is 11.2. The molecule has 3 aromatic rings. The van der Waals surface area contributed by atoms with Crippen LogP contribution in [-0.4, -0.2) is 16.2 Å². The van der Waals surface area contributed by atoms with Gasteiger partial charge in [-0.1, -0.05) is 30.3 Å². The average Bonchev–Trinajstić information content (AvgIpc) is 2.63. The molecule has 0 saturated carbocycles. The number of hydrogen-bond donors (Lipinski definition) is 3. The van der Waals surface area contributed by atoms with E-state index in [1.807, 2.05) is 32.0 Å². The highest BCUT2D eigenvalue weighted by Gasteiger charge is 2.15. The predicted octanol–water partition coefficient (Wildman–Crippen LogP) is 4.39. The Balaban J connectivity index is 2.05. The van der Waals surface area contributed by atoms with Crippen molar-refractivity contribution in [2.75, 3.05) is 5.01 Å². The van der Waals surface area contributed by atoms with Crippen molar-refractivity contribution in [1.82, 2.24) is 0 Å². The quantitative estimate of drug-likeness (QED) is 0.481. The molecule has 0 heterocycles. The third-order valence-electron chi connectivity index (χ3n) is 4.46. The Kier molecular flexibility index (Phi) is 4.65. The Labute approximate surface area is 151 Å². The van der Waals surface area contributed by atoms with Crippen molar-refractivity contribution in [2.24, 2.45) is 5.84 Å². The number of rotatable bonds is 4. The number of phenolic OH excluding ortho intramolecular Hbond substituents is 1. The number of aromatic hydroxyl groups is 1. The number of para-hydroxylation sites is 1. The number of aryl methyl sites for hydroxylation is 2. The van der Waals surface area contributed by atoms with Gasteiger partial charge in [0.1, 0.15) is 5.75 Å². The zero-order valence-electron chi connectivity index (χ0n) is 14.6. The highest BCUT2D eigenvalue weighted by Crippen LogP contribution is 2.39. The fraction of sp³-hybridized carbons (Fsp3) is 0.0952. The van der Waals surface area contributed by atoms with Crippen LogP contribution in [-0.2, 0) is 0 Å². The summed E-state index contributed by atoms with van der Waals surface area (Å²) in [5.74, 6) is 5.22. The number of hydrazine groups is 1. The lowest BCUT2D eigenvalue weighted by molar-refractivity contribution is 0.0697. The van der Waals surface area contributed by atoms with Crippen LogP contribution in [0.5, 0.6) is 5.75 Å². The summed E-state index contributed by atoms with van der Waals surface area (Å²) >= 11 is 0. The van der Waals surface area contributed by atoms with E-state index in [2.05, 4.69) is 0 Å². The van der Waals surface area contributed by atoms with Gasteiger partial charge < -0.3 is 10.2 Å². The fourth-order valence-corrected chi connectivity index (χ4v) is 2.79. The van der Waals surface area contributed by atoms with Gasteiger partial charge >= 0.3 is 5.97 Å². The number of carboxylic acid groups (broad SMARTS) is 1. The van der Waals surface area contributed by atoms with Gasteiger partial charge in [-0.05, 0) is 60.9 Å². The molecule has 26 heavy (non-hydrogen) atoms. The highest BCUT2D eigenvalue weighted by molar-refractivity contribution is 5.90. The number of carboxylic acids is 1. The second-order valence-corrected chi connectivity index (χ2v) is 6.20. The Morgan fingerprint density at radius 3 is 2.38 bits per heavy atom. The molecule has 3 aromatic carbocycles. The molecule has 0 bridgehead atoms. The van der Waals surface area contributed by atoms with Gasteiger partial charge in [-0.15, -0.1) is 0 Å². The minimum atomic E-state index is -1.02. The number of nitrogens with two attached hydrogens (primary N) is 1. The minimum absolute atomic E-state index is 0.00392. The summed E-state index contributed by atoms with van der Waals surface area (Å²) in [4.78, 5) is 11.2. The van der Waals surface area contributed by atoms with E-state index in [4.69, 9.17) is 5.84 Å². The number of carbonyl (C=O) groups is 1. The van der Waals surface area contributed by atoms with Gasteiger partial charge in [-0.25, -0.2) is 10.6 Å². The minimum Gasteiger partial charge on any atom is -0.505 e. The fourth-order valence-electron chi connectivity index (χ4n) is 2.79. The van der Waals surface area contributed by atoms with E-state index in [1.165, 1.54) is 17.1 Å². The Morgan fingerprint density at radius 2 is 1.69 bits per heavy atom. The van der Waals surface area contributed by atoms with Gasteiger partial charge in [0.25, 0.3) is 0 Å². The molecule has 0 aliphatic rings. The van der Waals surface area contributed by atoms with Crippen molar-refractivity contribution in [3.63, 3.8) is 0 Å². The Hall–Kier alpha value is -3.31. The molecule has 132 valence electrons. The maximum Gasteiger partial charge on any atom is 0.335 e. The normalized spacial score (nSPS) is 10.6. The lowest BCUT2D eigenvalue weighted by Crippen LogP contribution is -2.25. The molecule has 0 spiro atoms. The molecule has 0 radical (unpaired) electrons. The standard InChI is InChI=1S/C21H20N2O3/c1-13-9-10-17(11-14(13)2)23(22)19-8-4-7-18(20(19)24)15-5-3-6-16(12-15)21(25)26/h3-12,24H,22H2,1-2H3,(H,25,26). The van der Waals surface area contributed by atoms with Crippen molar-refractivity contribution < 1.29 is 15.0 Å². The molecule has 0 aromatic heterocycles. The second kappa shape index (κ2) is 6.90. The zero-order valence-corrected chi connectivity index (χ0v) is 14.6. The number of hydrogen-bond acceptors (Lipinski definition) is 4. The number of nitrogens with zero attached hydrogens (tertiary/aromatic N) is 1. The van der Waals surface area contributed by atoms with Crippen LogP contribution in [0.15, 0.2) is 60.7 Å². The lowest BCUT2D eigenvalue weighted by Gasteiger charge is -2.22. The molecule has 0 aliphatic carbocycles. The molecule has 0 aliphatic heterocycles. The molecule has 5 heteroatoms. The third kappa shape index (κ3) is 3.25. The van der Waals surface area contributed by atoms with Gasteiger partial charge in [0.2, 0.25) is 0 Å².